The Morgan fingerprint density at radius 2 is 1.47 bits per heavy atom. The van der Waals surface area contributed by atoms with Gasteiger partial charge in [-0.3, -0.25) is 0 Å². The van der Waals surface area contributed by atoms with E-state index in [0.29, 0.717) is 6.07 Å². The fourth-order valence-electron chi connectivity index (χ4n) is 1.67. The fourth-order valence-corrected chi connectivity index (χ4v) is 1.86. The molecule has 0 spiro atoms. The van der Waals surface area contributed by atoms with Gasteiger partial charge in [-0.2, -0.15) is 13.2 Å². The lowest BCUT2D eigenvalue weighted by Gasteiger charge is -2.10. The molecule has 0 aliphatic carbocycles. The molecule has 0 amide bonds. The van der Waals surface area contributed by atoms with Crippen molar-refractivity contribution >= 4 is 11.6 Å². The second-order valence-corrected chi connectivity index (χ2v) is 4.26. The van der Waals surface area contributed by atoms with Crippen LogP contribution in [0.15, 0.2) is 36.4 Å². The van der Waals surface area contributed by atoms with Crippen molar-refractivity contribution in [3.63, 3.8) is 0 Å². The van der Waals surface area contributed by atoms with Crippen LogP contribution < -0.4 is 0 Å². The van der Waals surface area contributed by atoms with E-state index in [1.807, 2.05) is 0 Å². The summed E-state index contributed by atoms with van der Waals surface area (Å²) in [6.45, 7) is 0. The van der Waals surface area contributed by atoms with Gasteiger partial charge < -0.3 is 0 Å². The molecule has 0 N–H and O–H groups in total. The number of hydrogen-bond donors (Lipinski definition) is 0. The van der Waals surface area contributed by atoms with Crippen LogP contribution in [0, 0.1) is 11.6 Å². The predicted octanol–water partition coefficient (Wildman–Crippen LogP) is 5.30. The molecule has 0 aromatic heterocycles. The van der Waals surface area contributed by atoms with Crippen LogP contribution in [0.4, 0.5) is 22.0 Å². The van der Waals surface area contributed by atoms with E-state index < -0.39 is 28.9 Å². The van der Waals surface area contributed by atoms with Gasteiger partial charge in [0.2, 0.25) is 0 Å². The van der Waals surface area contributed by atoms with E-state index in [4.69, 9.17) is 11.6 Å². The number of benzene rings is 2. The highest BCUT2D eigenvalue weighted by Gasteiger charge is 2.30. The van der Waals surface area contributed by atoms with Gasteiger partial charge in [-0.1, -0.05) is 23.7 Å². The van der Waals surface area contributed by atoms with Crippen LogP contribution in [0.1, 0.15) is 5.56 Å². The molecule has 0 saturated heterocycles. The molecule has 0 heterocycles. The van der Waals surface area contributed by atoms with Crippen molar-refractivity contribution < 1.29 is 22.0 Å². The quantitative estimate of drug-likeness (QED) is 0.625. The van der Waals surface area contributed by atoms with Crippen molar-refractivity contribution in [3.8, 4) is 11.1 Å². The van der Waals surface area contributed by atoms with Gasteiger partial charge in [0.15, 0.2) is 0 Å². The van der Waals surface area contributed by atoms with Gasteiger partial charge in [-0.05, 0) is 29.8 Å². The number of rotatable bonds is 1. The number of alkyl halides is 3. The second kappa shape index (κ2) is 4.81. The average Bonchev–Trinajstić information content (AvgIpc) is 2.26. The number of hydrogen-bond acceptors (Lipinski definition) is 0. The smallest absolute Gasteiger partial charge is 0.206 e. The molecule has 0 fully saturated rings. The van der Waals surface area contributed by atoms with E-state index in [1.54, 1.807) is 0 Å². The molecule has 2 aromatic carbocycles. The summed E-state index contributed by atoms with van der Waals surface area (Å²) in [6.07, 6.45) is -4.57. The highest BCUT2D eigenvalue weighted by molar-refractivity contribution is 6.30. The van der Waals surface area contributed by atoms with Crippen LogP contribution in [0.3, 0.4) is 0 Å². The maximum absolute atomic E-state index is 13.6. The molecule has 2 aromatic rings. The molecular weight excluding hydrogens is 287 g/mol. The van der Waals surface area contributed by atoms with Crippen LogP contribution in [-0.4, -0.2) is 0 Å². The monoisotopic (exact) mass is 292 g/mol. The molecule has 0 unspecified atom stereocenters. The summed E-state index contributed by atoms with van der Waals surface area (Å²) >= 11 is 5.45. The summed E-state index contributed by atoms with van der Waals surface area (Å²) in [6, 6.07) is 5.50. The number of halogens is 6. The maximum Gasteiger partial charge on any atom is 0.416 e. The SMILES string of the molecule is Fc1cc(Cl)cc(F)c1-c1cccc(C(F)(F)F)c1. The predicted molar refractivity (Wildman–Crippen MR) is 61.8 cm³/mol. The molecule has 100 valence electrons. The van der Waals surface area contributed by atoms with E-state index >= 15 is 0 Å². The summed E-state index contributed by atoms with van der Waals surface area (Å²) in [5.74, 6) is -2.02. The van der Waals surface area contributed by atoms with Crippen LogP contribution in [-0.2, 0) is 6.18 Å². The maximum atomic E-state index is 13.6. The molecule has 6 heteroatoms. The molecule has 0 atom stereocenters. The molecule has 19 heavy (non-hydrogen) atoms. The second-order valence-electron chi connectivity index (χ2n) is 3.82. The van der Waals surface area contributed by atoms with Crippen molar-refractivity contribution in [1.29, 1.82) is 0 Å². The van der Waals surface area contributed by atoms with Gasteiger partial charge >= 0.3 is 6.18 Å². The molecule has 0 saturated carbocycles. The van der Waals surface area contributed by atoms with Crippen LogP contribution in [0.25, 0.3) is 11.1 Å². The lowest BCUT2D eigenvalue weighted by molar-refractivity contribution is -0.137. The van der Waals surface area contributed by atoms with E-state index in [9.17, 15) is 22.0 Å². The highest BCUT2D eigenvalue weighted by atomic mass is 35.5. The van der Waals surface area contributed by atoms with Crippen molar-refractivity contribution in [2.45, 2.75) is 6.18 Å². The Labute approximate surface area is 110 Å². The third-order valence-corrected chi connectivity index (χ3v) is 2.70. The highest BCUT2D eigenvalue weighted by Crippen LogP contribution is 2.34. The summed E-state index contributed by atoms with van der Waals surface area (Å²) in [4.78, 5) is 0. The molecular formula is C13H6ClF5. The van der Waals surface area contributed by atoms with E-state index in [-0.39, 0.29) is 10.6 Å². The molecule has 0 aliphatic rings. The molecule has 0 bridgehead atoms. The van der Waals surface area contributed by atoms with Crippen molar-refractivity contribution in [2.75, 3.05) is 0 Å². The van der Waals surface area contributed by atoms with Crippen molar-refractivity contribution in [2.24, 2.45) is 0 Å². The van der Waals surface area contributed by atoms with Gasteiger partial charge in [0.25, 0.3) is 0 Å². The van der Waals surface area contributed by atoms with Crippen LogP contribution in [0.5, 0.6) is 0 Å². The molecule has 0 aliphatic heterocycles. The van der Waals surface area contributed by atoms with Gasteiger partial charge in [0.1, 0.15) is 11.6 Å². The summed E-state index contributed by atoms with van der Waals surface area (Å²) < 4.78 is 64.9. The first kappa shape index (κ1) is 13.8. The average molecular weight is 293 g/mol. The summed E-state index contributed by atoms with van der Waals surface area (Å²) in [5, 5.41) is -0.161. The summed E-state index contributed by atoms with van der Waals surface area (Å²) in [7, 11) is 0. The third kappa shape index (κ3) is 2.87. The van der Waals surface area contributed by atoms with E-state index in [1.165, 1.54) is 6.07 Å². The first-order valence-corrected chi connectivity index (χ1v) is 5.49. The lowest BCUT2D eigenvalue weighted by Crippen LogP contribution is -2.04. The molecule has 0 nitrogen and oxygen atoms in total. The van der Waals surface area contributed by atoms with Gasteiger partial charge in [0, 0.05) is 5.02 Å². The topological polar surface area (TPSA) is 0 Å². The first-order chi connectivity index (χ1) is 8.79. The Morgan fingerprint density at radius 3 is 2.00 bits per heavy atom. The van der Waals surface area contributed by atoms with E-state index in [0.717, 1.165) is 24.3 Å². The van der Waals surface area contributed by atoms with E-state index in [2.05, 4.69) is 0 Å². The molecule has 0 radical (unpaired) electrons. The standard InChI is InChI=1S/C13H6ClF5/c14-9-5-10(15)12(11(16)6-9)7-2-1-3-8(4-7)13(17,18)19/h1-6H. The van der Waals surface area contributed by atoms with Gasteiger partial charge in [-0.15, -0.1) is 0 Å². The van der Waals surface area contributed by atoms with Crippen molar-refractivity contribution in [1.82, 2.24) is 0 Å². The zero-order valence-corrected chi connectivity index (χ0v) is 9.99. The lowest BCUT2D eigenvalue weighted by atomic mass is 10.0. The summed E-state index contributed by atoms with van der Waals surface area (Å²) in [5.41, 5.74) is -1.70. The van der Waals surface area contributed by atoms with Crippen molar-refractivity contribution in [3.05, 3.63) is 58.6 Å². The normalized spacial score (nSPS) is 11.7. The van der Waals surface area contributed by atoms with Gasteiger partial charge in [0.05, 0.1) is 11.1 Å². The minimum Gasteiger partial charge on any atom is -0.206 e. The van der Waals surface area contributed by atoms with Crippen LogP contribution in [0.2, 0.25) is 5.02 Å². The zero-order valence-electron chi connectivity index (χ0n) is 9.23. The minimum absolute atomic E-state index is 0.161. The zero-order chi connectivity index (χ0) is 14.2. The fraction of sp³-hybridized carbons (Fsp3) is 0.0769. The minimum atomic E-state index is -4.57. The Morgan fingerprint density at radius 1 is 0.895 bits per heavy atom. The largest absolute Gasteiger partial charge is 0.416 e. The van der Waals surface area contributed by atoms with Crippen LogP contribution >= 0.6 is 11.6 Å². The first-order valence-electron chi connectivity index (χ1n) is 5.11. The third-order valence-electron chi connectivity index (χ3n) is 2.49. The Balaban J connectivity index is 2.60. The van der Waals surface area contributed by atoms with Gasteiger partial charge in [-0.25, -0.2) is 8.78 Å². The Bertz CT molecular complexity index is 596. The molecule has 2 rings (SSSR count). The Kier molecular flexibility index (Phi) is 3.49. The Hall–Kier alpha value is -1.62.